The molecule has 1 aliphatic heterocycles. The summed E-state index contributed by atoms with van der Waals surface area (Å²) in [5, 5.41) is 41.8. The number of fused-ring (bicyclic) bond motifs is 1. The Balaban J connectivity index is 1.62. The van der Waals surface area contributed by atoms with E-state index in [1.165, 1.54) is 19.1 Å². The topological polar surface area (TPSA) is 245 Å². The molecule has 0 bridgehead atoms. The molecule has 6 N–H and O–H groups in total. The number of hydrogen-bond donors (Lipinski definition) is 5. The lowest BCUT2D eigenvalue weighted by Crippen LogP contribution is -2.41. The van der Waals surface area contributed by atoms with Crippen LogP contribution in [-0.2, 0) is 29.0 Å². The Kier molecular flexibility index (Phi) is 8.69. The minimum Gasteiger partial charge on any atom is -0.462 e. The van der Waals surface area contributed by atoms with Crippen LogP contribution in [0.25, 0.3) is 10.9 Å². The van der Waals surface area contributed by atoms with E-state index in [1.807, 2.05) is 0 Å². The van der Waals surface area contributed by atoms with E-state index in [4.69, 9.17) is 24.3 Å². The largest absolute Gasteiger partial charge is 0.462 e. The molecule has 1 saturated heterocycles. The van der Waals surface area contributed by atoms with Crippen LogP contribution in [0.2, 0.25) is 0 Å². The highest BCUT2D eigenvalue weighted by molar-refractivity contribution is 7.52. The van der Waals surface area contributed by atoms with Crippen LogP contribution in [0.15, 0.2) is 41.3 Å². The molecule has 2 aromatic heterocycles. The third-order valence-electron chi connectivity index (χ3n) is 5.95. The van der Waals surface area contributed by atoms with E-state index < -0.39 is 61.9 Å². The van der Waals surface area contributed by atoms with Gasteiger partial charge in [0.1, 0.15) is 47.4 Å². The second kappa shape index (κ2) is 11.9. The molecule has 16 nitrogen and oxygen atoms in total. The number of nitriles is 1. The molecule has 1 aliphatic rings. The van der Waals surface area contributed by atoms with Crippen LogP contribution in [-0.4, -0.2) is 73.4 Å². The molecule has 0 amide bonds. The van der Waals surface area contributed by atoms with Gasteiger partial charge in [-0.2, -0.15) is 15.4 Å². The Morgan fingerprint density at radius 1 is 1.32 bits per heavy atom. The Bertz CT molecular complexity index is 1560. The van der Waals surface area contributed by atoms with Gasteiger partial charge in [0.05, 0.1) is 24.3 Å². The van der Waals surface area contributed by atoms with Gasteiger partial charge in [0, 0.05) is 0 Å². The molecule has 2 unspecified atom stereocenters. The Morgan fingerprint density at radius 3 is 2.68 bits per heavy atom. The summed E-state index contributed by atoms with van der Waals surface area (Å²) in [6.45, 7) is 3.99. The van der Waals surface area contributed by atoms with Crippen LogP contribution in [0, 0.1) is 11.3 Å². The maximum Gasteiger partial charge on any atom is 0.459 e. The number of aromatic amines is 1. The second-order valence-electron chi connectivity index (χ2n) is 9.38. The number of aromatic nitrogens is 4. The van der Waals surface area contributed by atoms with E-state index in [0.29, 0.717) is 0 Å². The van der Waals surface area contributed by atoms with E-state index in [0.717, 1.165) is 6.20 Å². The molecule has 3 heterocycles. The first kappa shape index (κ1) is 30.0. The number of esters is 1. The number of nitrogens with zero attached hydrogens (tertiary/aromatic N) is 4. The number of carbonyl (C=O) groups is 1. The van der Waals surface area contributed by atoms with Gasteiger partial charge in [0.25, 0.3) is 5.56 Å². The molecular weight excluding hydrogens is 561 g/mol. The van der Waals surface area contributed by atoms with Crippen molar-refractivity contribution in [3.63, 3.8) is 0 Å². The molecule has 3 aromatic rings. The Morgan fingerprint density at radius 2 is 2.02 bits per heavy atom. The van der Waals surface area contributed by atoms with Gasteiger partial charge < -0.3 is 29.9 Å². The fraction of sp³-hybridized carbons (Fsp3) is 0.417. The number of aliphatic hydroxyl groups is 2. The first-order valence-electron chi connectivity index (χ1n) is 12.3. The normalized spacial score (nSPS) is 24.5. The average Bonchev–Trinajstić information content (AvgIpc) is 3.17. The van der Waals surface area contributed by atoms with Gasteiger partial charge in [-0.05, 0) is 32.9 Å². The van der Waals surface area contributed by atoms with Crippen LogP contribution in [0.4, 0.5) is 5.95 Å². The van der Waals surface area contributed by atoms with Crippen LogP contribution < -0.4 is 20.9 Å². The van der Waals surface area contributed by atoms with Crippen molar-refractivity contribution in [3.05, 3.63) is 52.6 Å². The van der Waals surface area contributed by atoms with Crippen molar-refractivity contribution in [1.82, 2.24) is 25.3 Å². The summed E-state index contributed by atoms with van der Waals surface area (Å²) >= 11 is 0. The first-order chi connectivity index (χ1) is 19.4. The third kappa shape index (κ3) is 6.20. The molecule has 0 spiro atoms. The minimum absolute atomic E-state index is 0.101. The van der Waals surface area contributed by atoms with E-state index in [-0.39, 0.29) is 28.3 Å². The zero-order valence-corrected chi connectivity index (χ0v) is 23.0. The standard InChI is InChI=1S/C24H28N7O9P/c1-12(2)38-22(35)13(3)31-41(36,40-14-7-5-4-6-8-14)37-10-16-18(32)20(33)24(11-25,39-16)19-17-15(9-27-30-19)21(34)29-23(26)28-17/h4-9,12-13,16,18,20,32-33H,10H2,1-3H3,(H,31,36)(H3,26,28,29,34)/t13?,16-,18-,20-,24+,41?/m1/s1. The molecular formula is C24H28N7O9P. The predicted octanol–water partition coefficient (Wildman–Crippen LogP) is 0.268. The third-order valence-corrected chi connectivity index (χ3v) is 7.60. The van der Waals surface area contributed by atoms with E-state index in [9.17, 15) is 29.6 Å². The number of benzene rings is 1. The fourth-order valence-electron chi connectivity index (χ4n) is 4.04. The number of aliphatic hydroxyl groups excluding tert-OH is 2. The molecule has 1 fully saturated rings. The van der Waals surface area contributed by atoms with Crippen molar-refractivity contribution in [2.24, 2.45) is 0 Å². The summed E-state index contributed by atoms with van der Waals surface area (Å²) in [4.78, 5) is 31.0. The Hall–Kier alpha value is -3.97. The van der Waals surface area contributed by atoms with E-state index >= 15 is 0 Å². The van der Waals surface area contributed by atoms with Gasteiger partial charge in [0.2, 0.25) is 11.5 Å². The number of carbonyl (C=O) groups excluding carboxylic acids is 1. The first-order valence-corrected chi connectivity index (χ1v) is 13.9. The molecule has 41 heavy (non-hydrogen) atoms. The summed E-state index contributed by atoms with van der Waals surface area (Å²) in [6, 6.07) is 8.57. The number of hydrogen-bond acceptors (Lipinski definition) is 14. The highest BCUT2D eigenvalue weighted by Gasteiger charge is 2.58. The van der Waals surface area contributed by atoms with Crippen molar-refractivity contribution in [2.75, 3.05) is 12.3 Å². The van der Waals surface area contributed by atoms with Crippen molar-refractivity contribution < 1.29 is 38.1 Å². The van der Waals surface area contributed by atoms with Gasteiger partial charge in [0.15, 0.2) is 0 Å². The number of H-pyrrole nitrogens is 1. The lowest BCUT2D eigenvalue weighted by molar-refractivity contribution is -0.149. The monoisotopic (exact) mass is 589 g/mol. The summed E-state index contributed by atoms with van der Waals surface area (Å²) < 4.78 is 35.8. The lowest BCUT2D eigenvalue weighted by atomic mass is 9.91. The molecule has 4 rings (SSSR count). The van der Waals surface area contributed by atoms with Crippen LogP contribution >= 0.6 is 7.75 Å². The highest BCUT2D eigenvalue weighted by atomic mass is 31.2. The van der Waals surface area contributed by atoms with Crippen molar-refractivity contribution in [2.45, 2.75) is 56.8 Å². The number of rotatable bonds is 10. The summed E-state index contributed by atoms with van der Waals surface area (Å²) in [5.41, 5.74) is 2.04. The molecule has 0 saturated carbocycles. The number of nitrogen functional groups attached to an aromatic ring is 1. The van der Waals surface area contributed by atoms with Gasteiger partial charge >= 0.3 is 13.7 Å². The van der Waals surface area contributed by atoms with Crippen LogP contribution in [0.1, 0.15) is 26.5 Å². The highest BCUT2D eigenvalue weighted by Crippen LogP contribution is 2.47. The van der Waals surface area contributed by atoms with Gasteiger partial charge in [-0.25, -0.2) is 9.55 Å². The average molecular weight is 590 g/mol. The number of para-hydroxylation sites is 1. The lowest BCUT2D eigenvalue weighted by Gasteiger charge is -2.25. The number of ether oxygens (including phenoxy) is 2. The van der Waals surface area contributed by atoms with E-state index in [1.54, 1.807) is 38.1 Å². The molecule has 0 aliphatic carbocycles. The van der Waals surface area contributed by atoms with Crippen molar-refractivity contribution in [1.29, 1.82) is 5.26 Å². The van der Waals surface area contributed by atoms with Gasteiger partial charge in [-0.1, -0.05) is 18.2 Å². The SMILES string of the molecule is CC(C)OC(=O)C(C)NP(=O)(OC[C@H]1O[C@@](C#N)(c2nncc3c(=O)[nH]c(N)nc23)[C@H](O)[C@@H]1O)Oc1ccccc1. The number of nitrogens with two attached hydrogens (primary N) is 1. The van der Waals surface area contributed by atoms with Crippen LogP contribution in [0.5, 0.6) is 5.75 Å². The minimum atomic E-state index is -4.38. The molecule has 218 valence electrons. The zero-order chi connectivity index (χ0) is 29.9. The van der Waals surface area contributed by atoms with Crippen LogP contribution in [0.3, 0.4) is 0 Å². The van der Waals surface area contributed by atoms with E-state index in [2.05, 4.69) is 25.3 Å². The smallest absolute Gasteiger partial charge is 0.459 e. The summed E-state index contributed by atoms with van der Waals surface area (Å²) in [7, 11) is -4.38. The quantitative estimate of drug-likeness (QED) is 0.157. The predicted molar refractivity (Wildman–Crippen MR) is 141 cm³/mol. The second-order valence-corrected chi connectivity index (χ2v) is 11.1. The molecule has 0 radical (unpaired) electrons. The maximum absolute atomic E-state index is 13.8. The number of nitrogens with one attached hydrogen (secondary N) is 2. The molecule has 1 aromatic carbocycles. The fourth-order valence-corrected chi connectivity index (χ4v) is 5.55. The van der Waals surface area contributed by atoms with Gasteiger partial charge in [-0.15, -0.1) is 5.10 Å². The number of anilines is 1. The zero-order valence-electron chi connectivity index (χ0n) is 22.1. The summed E-state index contributed by atoms with van der Waals surface area (Å²) in [6.07, 6.45) is -4.55. The van der Waals surface area contributed by atoms with Gasteiger partial charge in [-0.3, -0.25) is 19.1 Å². The van der Waals surface area contributed by atoms with Crippen molar-refractivity contribution >= 4 is 30.6 Å². The maximum atomic E-state index is 13.8. The summed E-state index contributed by atoms with van der Waals surface area (Å²) in [5.74, 6) is -0.896. The van der Waals surface area contributed by atoms with Crippen molar-refractivity contribution in [3.8, 4) is 11.8 Å². The molecule has 6 atom stereocenters. The molecule has 17 heteroatoms. The Labute approximate surface area is 233 Å².